The quantitative estimate of drug-likeness (QED) is 0.871. The van der Waals surface area contributed by atoms with Crippen molar-refractivity contribution in [1.29, 1.82) is 0 Å². The first-order valence-electron chi connectivity index (χ1n) is 5.61. The van der Waals surface area contributed by atoms with Gasteiger partial charge in [-0.3, -0.25) is 0 Å². The summed E-state index contributed by atoms with van der Waals surface area (Å²) in [6, 6.07) is 4.72. The molecule has 1 heterocycles. The Morgan fingerprint density at radius 2 is 1.72 bits per heavy atom. The summed E-state index contributed by atoms with van der Waals surface area (Å²) in [5.41, 5.74) is 0.861. The van der Waals surface area contributed by atoms with E-state index in [4.69, 9.17) is 0 Å². The van der Waals surface area contributed by atoms with Crippen molar-refractivity contribution >= 4 is 11.3 Å². The monoisotopic (exact) mass is 268 g/mol. The molecule has 2 aromatic rings. The van der Waals surface area contributed by atoms with Crippen molar-refractivity contribution in [3.8, 4) is 0 Å². The minimum atomic E-state index is -1.12. The summed E-state index contributed by atoms with van der Waals surface area (Å²) in [6.45, 7) is 5.27. The normalized spacial score (nSPS) is 12.8. The van der Waals surface area contributed by atoms with Crippen LogP contribution in [0.25, 0.3) is 0 Å². The summed E-state index contributed by atoms with van der Waals surface area (Å²) in [6.07, 6.45) is -1.12. The van der Waals surface area contributed by atoms with Crippen LogP contribution in [0.4, 0.5) is 8.78 Å². The Morgan fingerprint density at radius 1 is 1.06 bits per heavy atom. The van der Waals surface area contributed by atoms with Crippen LogP contribution in [0.2, 0.25) is 0 Å². The molecule has 4 heteroatoms. The number of rotatable bonds is 2. The molecular weight excluding hydrogens is 254 g/mol. The molecule has 0 fully saturated rings. The number of halogens is 2. The van der Waals surface area contributed by atoms with E-state index in [1.54, 1.807) is 0 Å². The van der Waals surface area contributed by atoms with Crippen LogP contribution in [-0.4, -0.2) is 5.11 Å². The van der Waals surface area contributed by atoms with Crippen LogP contribution in [0.1, 0.15) is 32.5 Å². The highest BCUT2D eigenvalue weighted by Gasteiger charge is 2.21. The molecular formula is C14H14F2OS. The molecule has 0 spiro atoms. The van der Waals surface area contributed by atoms with Gasteiger partial charge in [-0.15, -0.1) is 11.3 Å². The molecule has 96 valence electrons. The van der Waals surface area contributed by atoms with Gasteiger partial charge in [-0.05, 0) is 38.0 Å². The standard InChI is InChI=1S/C14H14F2OS/c1-7-4-5-10(13(16)12(7)15)14(17)11-6-8(2)18-9(11)3/h4-6,14,17H,1-3H3. The van der Waals surface area contributed by atoms with E-state index in [-0.39, 0.29) is 11.1 Å². The fraction of sp³-hybridized carbons (Fsp3) is 0.286. The zero-order chi connectivity index (χ0) is 13.4. The number of hydrogen-bond donors (Lipinski definition) is 1. The van der Waals surface area contributed by atoms with Gasteiger partial charge in [-0.1, -0.05) is 12.1 Å². The molecule has 0 aliphatic rings. The molecule has 2 rings (SSSR count). The first-order valence-corrected chi connectivity index (χ1v) is 6.43. The molecule has 0 aliphatic heterocycles. The zero-order valence-corrected chi connectivity index (χ0v) is 11.2. The van der Waals surface area contributed by atoms with Crippen LogP contribution in [0.15, 0.2) is 18.2 Å². The van der Waals surface area contributed by atoms with E-state index in [2.05, 4.69) is 0 Å². The van der Waals surface area contributed by atoms with Gasteiger partial charge >= 0.3 is 0 Å². The summed E-state index contributed by atoms with van der Waals surface area (Å²) >= 11 is 1.53. The maximum absolute atomic E-state index is 13.8. The summed E-state index contributed by atoms with van der Waals surface area (Å²) in [5.74, 6) is -1.86. The summed E-state index contributed by atoms with van der Waals surface area (Å²) < 4.78 is 27.3. The third-order valence-corrected chi connectivity index (χ3v) is 3.96. The van der Waals surface area contributed by atoms with E-state index in [0.717, 1.165) is 9.75 Å². The van der Waals surface area contributed by atoms with Crippen molar-refractivity contribution in [1.82, 2.24) is 0 Å². The number of hydrogen-bond acceptors (Lipinski definition) is 2. The molecule has 1 nitrogen and oxygen atoms in total. The molecule has 1 N–H and O–H groups in total. The summed E-state index contributed by atoms with van der Waals surface area (Å²) in [7, 11) is 0. The topological polar surface area (TPSA) is 20.2 Å². The molecule has 18 heavy (non-hydrogen) atoms. The Kier molecular flexibility index (Phi) is 3.50. The predicted molar refractivity (Wildman–Crippen MR) is 68.9 cm³/mol. The summed E-state index contributed by atoms with van der Waals surface area (Å²) in [4.78, 5) is 1.95. The van der Waals surface area contributed by atoms with Crippen LogP contribution in [0.5, 0.6) is 0 Å². The Hall–Kier alpha value is -1.26. The van der Waals surface area contributed by atoms with E-state index in [0.29, 0.717) is 5.56 Å². The highest BCUT2D eigenvalue weighted by Crippen LogP contribution is 2.32. The zero-order valence-electron chi connectivity index (χ0n) is 10.4. The van der Waals surface area contributed by atoms with Crippen LogP contribution < -0.4 is 0 Å². The van der Waals surface area contributed by atoms with Gasteiger partial charge < -0.3 is 5.11 Å². The largest absolute Gasteiger partial charge is 0.384 e. The lowest BCUT2D eigenvalue weighted by molar-refractivity contribution is 0.213. The van der Waals surface area contributed by atoms with Crippen molar-refractivity contribution in [3.05, 3.63) is 56.3 Å². The molecule has 1 atom stereocenters. The number of aliphatic hydroxyl groups excluding tert-OH is 1. The average Bonchev–Trinajstić information content (AvgIpc) is 2.65. The van der Waals surface area contributed by atoms with E-state index in [1.165, 1.54) is 30.4 Å². The molecule has 0 radical (unpaired) electrons. The third kappa shape index (κ3) is 2.18. The second-order valence-corrected chi connectivity index (χ2v) is 5.83. The fourth-order valence-electron chi connectivity index (χ4n) is 1.96. The number of aryl methyl sites for hydroxylation is 3. The Labute approximate surface area is 109 Å². The van der Waals surface area contributed by atoms with Crippen molar-refractivity contribution in [2.45, 2.75) is 26.9 Å². The molecule has 0 saturated carbocycles. The molecule has 1 aromatic carbocycles. The number of aliphatic hydroxyl groups is 1. The molecule has 0 amide bonds. The SMILES string of the molecule is Cc1cc(C(O)c2ccc(C)c(F)c2F)c(C)s1. The minimum Gasteiger partial charge on any atom is -0.384 e. The molecule has 0 bridgehead atoms. The van der Waals surface area contributed by atoms with Gasteiger partial charge in [0, 0.05) is 15.3 Å². The van der Waals surface area contributed by atoms with Crippen molar-refractivity contribution in [2.24, 2.45) is 0 Å². The first-order chi connectivity index (χ1) is 8.41. The lowest BCUT2D eigenvalue weighted by Gasteiger charge is -2.13. The maximum atomic E-state index is 13.8. The highest BCUT2D eigenvalue weighted by molar-refractivity contribution is 7.12. The predicted octanol–water partition coefficient (Wildman–Crippen LogP) is 4.03. The van der Waals surface area contributed by atoms with E-state index >= 15 is 0 Å². The van der Waals surface area contributed by atoms with Crippen LogP contribution >= 0.6 is 11.3 Å². The smallest absolute Gasteiger partial charge is 0.165 e. The van der Waals surface area contributed by atoms with Gasteiger partial charge in [0.05, 0.1) is 0 Å². The third-order valence-electron chi connectivity index (χ3n) is 2.97. The lowest BCUT2D eigenvalue weighted by atomic mass is 10.00. The molecule has 1 unspecified atom stereocenters. The highest BCUT2D eigenvalue weighted by atomic mass is 32.1. The Bertz CT molecular complexity index is 590. The van der Waals surface area contributed by atoms with Crippen LogP contribution in [0, 0.1) is 32.4 Å². The molecule has 0 aliphatic carbocycles. The Morgan fingerprint density at radius 3 is 2.28 bits per heavy atom. The van der Waals surface area contributed by atoms with E-state index < -0.39 is 17.7 Å². The van der Waals surface area contributed by atoms with Gasteiger partial charge in [-0.2, -0.15) is 0 Å². The lowest BCUT2D eigenvalue weighted by Crippen LogP contribution is -2.05. The van der Waals surface area contributed by atoms with Gasteiger partial charge in [0.25, 0.3) is 0 Å². The van der Waals surface area contributed by atoms with Crippen molar-refractivity contribution in [2.75, 3.05) is 0 Å². The number of benzene rings is 1. The average molecular weight is 268 g/mol. The first kappa shape index (κ1) is 13.2. The summed E-state index contributed by atoms with van der Waals surface area (Å²) in [5, 5.41) is 10.2. The van der Waals surface area contributed by atoms with E-state index in [1.807, 2.05) is 19.9 Å². The van der Waals surface area contributed by atoms with Gasteiger partial charge in [0.15, 0.2) is 11.6 Å². The number of thiophene rings is 1. The van der Waals surface area contributed by atoms with Gasteiger partial charge in [0.1, 0.15) is 6.10 Å². The molecule has 1 aromatic heterocycles. The maximum Gasteiger partial charge on any atom is 0.165 e. The minimum absolute atomic E-state index is 0.0148. The van der Waals surface area contributed by atoms with Crippen LogP contribution in [0.3, 0.4) is 0 Å². The van der Waals surface area contributed by atoms with Crippen LogP contribution in [-0.2, 0) is 0 Å². The van der Waals surface area contributed by atoms with Crippen molar-refractivity contribution < 1.29 is 13.9 Å². The van der Waals surface area contributed by atoms with E-state index in [9.17, 15) is 13.9 Å². The second kappa shape index (κ2) is 4.78. The van der Waals surface area contributed by atoms with Gasteiger partial charge in [-0.25, -0.2) is 8.78 Å². The fourth-order valence-corrected chi connectivity index (χ4v) is 2.92. The molecule has 0 saturated heterocycles. The van der Waals surface area contributed by atoms with Gasteiger partial charge in [0.2, 0.25) is 0 Å². The second-order valence-electron chi connectivity index (χ2n) is 4.37. The Balaban J connectivity index is 2.49. The van der Waals surface area contributed by atoms with Crippen molar-refractivity contribution in [3.63, 3.8) is 0 Å².